The van der Waals surface area contributed by atoms with E-state index in [9.17, 15) is 4.79 Å². The predicted octanol–water partition coefficient (Wildman–Crippen LogP) is 6.28. The van der Waals surface area contributed by atoms with E-state index in [0.29, 0.717) is 16.4 Å². The van der Waals surface area contributed by atoms with E-state index in [2.05, 4.69) is 41.9 Å². The molecule has 176 valence electrons. The van der Waals surface area contributed by atoms with Crippen molar-refractivity contribution in [2.45, 2.75) is 34.1 Å². The van der Waals surface area contributed by atoms with Gasteiger partial charge in [0.25, 0.3) is 5.56 Å². The maximum atomic E-state index is 13.4. The number of hydrogen-bond acceptors (Lipinski definition) is 4. The zero-order chi connectivity index (χ0) is 24.4. The van der Waals surface area contributed by atoms with Crippen LogP contribution in [0.1, 0.15) is 32.9 Å². The fourth-order valence-corrected chi connectivity index (χ4v) is 4.97. The standard InChI is InChI=1S/C26H28BrN5OS/c1-17(2)15-18(3)29-31-23(20-11-13-21(27)14-12-20)16-34-26(31)28-24-19(4)30(5)32(25(24)33)22-9-7-6-8-10-22/h6-14,16-17H,15H2,1-5H3. The molecule has 0 aliphatic heterocycles. The molecule has 2 aromatic carbocycles. The van der Waals surface area contributed by atoms with Crippen LogP contribution in [0.4, 0.5) is 5.69 Å². The molecule has 0 fully saturated rings. The Bertz CT molecular complexity index is 1450. The fraction of sp³-hybridized carbons (Fsp3) is 0.269. The number of rotatable bonds is 6. The van der Waals surface area contributed by atoms with Gasteiger partial charge in [0.15, 0.2) is 5.69 Å². The third-order valence-corrected chi connectivity index (χ3v) is 6.88. The number of benzene rings is 2. The smallest absolute Gasteiger partial charge is 0.283 e. The summed E-state index contributed by atoms with van der Waals surface area (Å²) in [5, 5.41) is 6.97. The highest BCUT2D eigenvalue weighted by molar-refractivity contribution is 9.10. The maximum absolute atomic E-state index is 13.4. The second-order valence-corrected chi connectivity index (χ2v) is 10.4. The molecule has 0 saturated heterocycles. The summed E-state index contributed by atoms with van der Waals surface area (Å²) in [6, 6.07) is 17.7. The van der Waals surface area contributed by atoms with Crippen LogP contribution in [0.25, 0.3) is 16.9 Å². The molecule has 0 atom stereocenters. The van der Waals surface area contributed by atoms with Crippen molar-refractivity contribution in [2.24, 2.45) is 23.1 Å². The van der Waals surface area contributed by atoms with Crippen molar-refractivity contribution in [3.63, 3.8) is 0 Å². The Morgan fingerprint density at radius 2 is 1.76 bits per heavy atom. The molecule has 2 heterocycles. The van der Waals surface area contributed by atoms with Crippen LogP contribution in [0.3, 0.4) is 0 Å². The predicted molar refractivity (Wildman–Crippen MR) is 144 cm³/mol. The fourth-order valence-electron chi connectivity index (χ4n) is 3.87. The summed E-state index contributed by atoms with van der Waals surface area (Å²) in [5.41, 5.74) is 4.85. The van der Waals surface area contributed by atoms with E-state index in [1.165, 1.54) is 11.3 Å². The minimum atomic E-state index is -0.153. The van der Waals surface area contributed by atoms with Crippen LogP contribution in [0, 0.1) is 12.8 Å². The Morgan fingerprint density at radius 1 is 1.09 bits per heavy atom. The molecule has 0 aliphatic rings. The Morgan fingerprint density at radius 3 is 2.41 bits per heavy atom. The van der Waals surface area contributed by atoms with E-state index in [1.54, 1.807) is 4.68 Å². The molecule has 0 saturated carbocycles. The topological polar surface area (TPSA) is 56.6 Å². The van der Waals surface area contributed by atoms with Gasteiger partial charge in [-0.2, -0.15) is 5.10 Å². The van der Waals surface area contributed by atoms with Crippen LogP contribution in [0.2, 0.25) is 0 Å². The quantitative estimate of drug-likeness (QED) is 0.267. The van der Waals surface area contributed by atoms with Gasteiger partial charge in [0.1, 0.15) is 0 Å². The summed E-state index contributed by atoms with van der Waals surface area (Å²) in [5.74, 6) is 0.494. The van der Waals surface area contributed by atoms with E-state index >= 15 is 0 Å². The number of hydrogen-bond donors (Lipinski definition) is 0. The third-order valence-electron chi connectivity index (χ3n) is 5.53. The Labute approximate surface area is 211 Å². The molecule has 0 aliphatic carbocycles. The van der Waals surface area contributed by atoms with Gasteiger partial charge in [0.2, 0.25) is 4.80 Å². The van der Waals surface area contributed by atoms with E-state index < -0.39 is 0 Å². The number of nitrogens with zero attached hydrogens (tertiary/aromatic N) is 5. The average Bonchev–Trinajstić information content (AvgIpc) is 3.28. The van der Waals surface area contributed by atoms with Crippen molar-refractivity contribution in [2.75, 3.05) is 0 Å². The zero-order valence-electron chi connectivity index (χ0n) is 20.0. The van der Waals surface area contributed by atoms with E-state index in [4.69, 9.17) is 10.1 Å². The molecule has 2 aromatic heterocycles. The summed E-state index contributed by atoms with van der Waals surface area (Å²) in [4.78, 5) is 18.9. The Hall–Kier alpha value is -2.97. The van der Waals surface area contributed by atoms with Gasteiger partial charge in [0, 0.05) is 28.2 Å². The number of thiazole rings is 1. The second-order valence-electron chi connectivity index (χ2n) is 8.68. The van der Waals surface area contributed by atoms with Gasteiger partial charge < -0.3 is 0 Å². The largest absolute Gasteiger partial charge is 0.297 e. The molecule has 0 unspecified atom stereocenters. The van der Waals surface area contributed by atoms with Crippen molar-refractivity contribution in [1.82, 2.24) is 14.0 Å². The van der Waals surface area contributed by atoms with Gasteiger partial charge in [-0.25, -0.2) is 14.4 Å². The van der Waals surface area contributed by atoms with Gasteiger partial charge in [0.05, 0.1) is 17.1 Å². The van der Waals surface area contributed by atoms with Crippen molar-refractivity contribution in [3.05, 3.63) is 85.3 Å². The molecule has 0 bridgehead atoms. The van der Waals surface area contributed by atoms with Crippen LogP contribution < -0.4 is 10.4 Å². The number of para-hydroxylation sites is 1. The van der Waals surface area contributed by atoms with Gasteiger partial charge in [-0.05, 0) is 50.5 Å². The molecular weight excluding hydrogens is 510 g/mol. The highest BCUT2D eigenvalue weighted by Crippen LogP contribution is 2.24. The molecule has 34 heavy (non-hydrogen) atoms. The first kappa shape index (κ1) is 24.2. The minimum absolute atomic E-state index is 0.153. The highest BCUT2D eigenvalue weighted by atomic mass is 79.9. The molecule has 0 amide bonds. The molecule has 0 spiro atoms. The molecule has 0 N–H and O–H groups in total. The van der Waals surface area contributed by atoms with Crippen molar-refractivity contribution in [3.8, 4) is 16.9 Å². The van der Waals surface area contributed by atoms with Crippen LogP contribution in [-0.4, -0.2) is 19.8 Å². The molecule has 4 rings (SSSR count). The lowest BCUT2D eigenvalue weighted by atomic mass is 10.1. The first-order chi connectivity index (χ1) is 16.3. The first-order valence-electron chi connectivity index (χ1n) is 11.2. The SMILES string of the molecule is CC(CC(C)C)=Nn1c(-c2ccc(Br)cc2)csc1=Nc1c(C)n(C)n(-c2ccccc2)c1=O. The van der Waals surface area contributed by atoms with Gasteiger partial charge >= 0.3 is 0 Å². The lowest BCUT2D eigenvalue weighted by Crippen LogP contribution is -2.20. The highest BCUT2D eigenvalue weighted by Gasteiger charge is 2.17. The van der Waals surface area contributed by atoms with Crippen molar-refractivity contribution >= 4 is 38.7 Å². The molecule has 8 heteroatoms. The summed E-state index contributed by atoms with van der Waals surface area (Å²) in [6.07, 6.45) is 0.882. The third kappa shape index (κ3) is 4.93. The van der Waals surface area contributed by atoms with Crippen LogP contribution >= 0.6 is 27.3 Å². The second kappa shape index (κ2) is 10.1. The van der Waals surface area contributed by atoms with Crippen LogP contribution in [0.5, 0.6) is 0 Å². The van der Waals surface area contributed by atoms with E-state index in [0.717, 1.165) is 39.2 Å². The number of aromatic nitrogens is 3. The molecule has 4 aromatic rings. The zero-order valence-corrected chi connectivity index (χ0v) is 22.4. The average molecular weight is 539 g/mol. The van der Waals surface area contributed by atoms with Crippen LogP contribution in [-0.2, 0) is 7.05 Å². The lowest BCUT2D eigenvalue weighted by molar-refractivity contribution is 0.630. The van der Waals surface area contributed by atoms with E-state index in [1.807, 2.05) is 78.1 Å². The summed E-state index contributed by atoms with van der Waals surface area (Å²) < 4.78 is 6.38. The van der Waals surface area contributed by atoms with Gasteiger partial charge in [-0.15, -0.1) is 11.3 Å². The summed E-state index contributed by atoms with van der Waals surface area (Å²) in [7, 11) is 1.88. The minimum Gasteiger partial charge on any atom is -0.283 e. The molecule has 0 radical (unpaired) electrons. The van der Waals surface area contributed by atoms with Gasteiger partial charge in [-0.3, -0.25) is 9.48 Å². The maximum Gasteiger partial charge on any atom is 0.297 e. The lowest BCUT2D eigenvalue weighted by Gasteiger charge is -2.08. The summed E-state index contributed by atoms with van der Waals surface area (Å²) >= 11 is 4.99. The van der Waals surface area contributed by atoms with E-state index in [-0.39, 0.29) is 5.56 Å². The molecular formula is C26H28BrN5OS. The van der Waals surface area contributed by atoms with Gasteiger partial charge in [-0.1, -0.05) is 60.1 Å². The van der Waals surface area contributed by atoms with Crippen molar-refractivity contribution < 1.29 is 0 Å². The first-order valence-corrected chi connectivity index (χ1v) is 12.8. The normalized spacial score (nSPS) is 12.7. The Kier molecular flexibility index (Phi) is 7.19. The summed E-state index contributed by atoms with van der Waals surface area (Å²) in [6.45, 7) is 8.31. The van der Waals surface area contributed by atoms with Crippen LogP contribution in [0.15, 0.2) is 79.3 Å². The molecule has 6 nitrogen and oxygen atoms in total. The Balaban J connectivity index is 1.93. The van der Waals surface area contributed by atoms with Crippen molar-refractivity contribution in [1.29, 1.82) is 0 Å². The monoisotopic (exact) mass is 537 g/mol. The number of halogens is 1.